The zero-order valence-electron chi connectivity index (χ0n) is 9.88. The molecule has 1 aliphatic rings. The number of carbonyl (C=O) groups excluding carboxylic acids is 1. The summed E-state index contributed by atoms with van der Waals surface area (Å²) >= 11 is 1.48. The molecule has 1 aromatic heterocycles. The van der Waals surface area contributed by atoms with Crippen LogP contribution >= 0.6 is 11.3 Å². The summed E-state index contributed by atoms with van der Waals surface area (Å²) in [5.74, 6) is 0.0793. The van der Waals surface area contributed by atoms with Gasteiger partial charge in [0.2, 0.25) is 0 Å². The summed E-state index contributed by atoms with van der Waals surface area (Å²) in [5, 5.41) is 14.7. The molecule has 0 radical (unpaired) electrons. The number of hydrogen-bond acceptors (Lipinski definition) is 5. The van der Waals surface area contributed by atoms with Crippen molar-refractivity contribution in [2.75, 3.05) is 13.1 Å². The number of amides is 1. The molecule has 1 atom stereocenters. The van der Waals surface area contributed by atoms with Crippen molar-refractivity contribution in [3.8, 4) is 0 Å². The standard InChI is InChI=1S/C11H15N3O2S/c1-7-5-14(4-3-9(7)13-16)11(15)10-6-17-8(2)12-10/h6-7,16H,3-5H2,1-2H3. The molecule has 1 saturated heterocycles. The third-order valence-electron chi connectivity index (χ3n) is 2.95. The van der Waals surface area contributed by atoms with Crippen LogP contribution in [0.3, 0.4) is 0 Å². The van der Waals surface area contributed by atoms with Crippen molar-refractivity contribution in [3.05, 3.63) is 16.1 Å². The second kappa shape index (κ2) is 4.83. The Morgan fingerprint density at radius 1 is 1.71 bits per heavy atom. The van der Waals surface area contributed by atoms with Gasteiger partial charge in [-0.05, 0) is 6.92 Å². The lowest BCUT2D eigenvalue weighted by Gasteiger charge is -2.30. The van der Waals surface area contributed by atoms with Gasteiger partial charge in [-0.25, -0.2) is 4.98 Å². The molecule has 0 bridgehead atoms. The Labute approximate surface area is 104 Å². The average Bonchev–Trinajstić information content (AvgIpc) is 2.75. The highest BCUT2D eigenvalue weighted by atomic mass is 32.1. The molecule has 0 aromatic carbocycles. The molecule has 1 aromatic rings. The fraction of sp³-hybridized carbons (Fsp3) is 0.545. The molecule has 2 heterocycles. The van der Waals surface area contributed by atoms with Gasteiger partial charge in [-0.15, -0.1) is 11.3 Å². The molecule has 0 aliphatic carbocycles. The summed E-state index contributed by atoms with van der Waals surface area (Å²) in [6, 6.07) is 0. The van der Waals surface area contributed by atoms with E-state index in [1.807, 2.05) is 13.8 Å². The molecule has 1 N–H and O–H groups in total. The van der Waals surface area contributed by atoms with Crippen LogP contribution in [0.25, 0.3) is 0 Å². The minimum Gasteiger partial charge on any atom is -0.411 e. The number of aryl methyl sites for hydroxylation is 1. The predicted molar refractivity (Wildman–Crippen MR) is 65.8 cm³/mol. The van der Waals surface area contributed by atoms with E-state index in [0.717, 1.165) is 10.7 Å². The van der Waals surface area contributed by atoms with Crippen LogP contribution in [0.2, 0.25) is 0 Å². The van der Waals surface area contributed by atoms with Crippen LogP contribution in [0, 0.1) is 12.8 Å². The first-order valence-corrected chi connectivity index (χ1v) is 6.42. The molecular weight excluding hydrogens is 238 g/mol. The minimum atomic E-state index is -0.0295. The van der Waals surface area contributed by atoms with E-state index in [2.05, 4.69) is 10.1 Å². The number of carbonyl (C=O) groups is 1. The maximum absolute atomic E-state index is 12.1. The SMILES string of the molecule is Cc1nc(C(=O)N2CCC(=NO)C(C)C2)cs1. The zero-order chi connectivity index (χ0) is 12.4. The molecule has 92 valence electrons. The Balaban J connectivity index is 2.07. The molecule has 0 saturated carbocycles. The average molecular weight is 253 g/mol. The molecule has 1 aliphatic heterocycles. The molecule has 2 rings (SSSR count). The van der Waals surface area contributed by atoms with Gasteiger partial charge in [0.1, 0.15) is 5.69 Å². The van der Waals surface area contributed by atoms with Crippen molar-refractivity contribution in [2.45, 2.75) is 20.3 Å². The van der Waals surface area contributed by atoms with Crippen molar-refractivity contribution < 1.29 is 10.0 Å². The van der Waals surface area contributed by atoms with Gasteiger partial charge in [-0.2, -0.15) is 0 Å². The first-order chi connectivity index (χ1) is 8.11. The highest BCUT2D eigenvalue weighted by Gasteiger charge is 2.27. The normalized spacial score (nSPS) is 23.1. The van der Waals surface area contributed by atoms with Gasteiger partial charge in [-0.3, -0.25) is 4.79 Å². The highest BCUT2D eigenvalue weighted by Crippen LogP contribution is 2.17. The van der Waals surface area contributed by atoms with Crippen molar-refractivity contribution in [2.24, 2.45) is 11.1 Å². The van der Waals surface area contributed by atoms with Gasteiger partial charge in [0.05, 0.1) is 10.7 Å². The van der Waals surface area contributed by atoms with Gasteiger partial charge >= 0.3 is 0 Å². The number of piperidine rings is 1. The number of likely N-dealkylation sites (tertiary alicyclic amines) is 1. The van der Waals surface area contributed by atoms with E-state index < -0.39 is 0 Å². The van der Waals surface area contributed by atoms with Gasteiger partial charge in [0.15, 0.2) is 0 Å². The minimum absolute atomic E-state index is 0.0295. The molecule has 1 unspecified atom stereocenters. The van der Waals surface area contributed by atoms with Crippen LogP contribution in [0.5, 0.6) is 0 Å². The number of aromatic nitrogens is 1. The molecule has 0 spiro atoms. The summed E-state index contributed by atoms with van der Waals surface area (Å²) in [7, 11) is 0. The lowest BCUT2D eigenvalue weighted by atomic mass is 9.97. The fourth-order valence-corrected chi connectivity index (χ4v) is 2.57. The Kier molecular flexibility index (Phi) is 3.42. The van der Waals surface area contributed by atoms with Crippen molar-refractivity contribution in [1.29, 1.82) is 0 Å². The molecule has 6 heteroatoms. The van der Waals surface area contributed by atoms with Crippen LogP contribution in [0.15, 0.2) is 10.5 Å². The smallest absolute Gasteiger partial charge is 0.273 e. The lowest BCUT2D eigenvalue weighted by molar-refractivity contribution is 0.0728. The van der Waals surface area contributed by atoms with Crippen LogP contribution in [0.1, 0.15) is 28.8 Å². The largest absolute Gasteiger partial charge is 0.411 e. The Bertz CT molecular complexity index is 455. The number of nitrogens with zero attached hydrogens (tertiary/aromatic N) is 3. The molecule has 1 amide bonds. The lowest BCUT2D eigenvalue weighted by Crippen LogP contribution is -2.43. The summed E-state index contributed by atoms with van der Waals surface area (Å²) in [6.07, 6.45) is 0.631. The Hall–Kier alpha value is -1.43. The Morgan fingerprint density at radius 3 is 3.00 bits per heavy atom. The van der Waals surface area contributed by atoms with E-state index >= 15 is 0 Å². The second-order valence-corrected chi connectivity index (χ2v) is 5.31. The van der Waals surface area contributed by atoms with Gasteiger partial charge < -0.3 is 10.1 Å². The van der Waals surface area contributed by atoms with E-state index in [0.29, 0.717) is 25.2 Å². The summed E-state index contributed by atoms with van der Waals surface area (Å²) in [5.41, 5.74) is 1.28. The van der Waals surface area contributed by atoms with E-state index in [-0.39, 0.29) is 11.8 Å². The van der Waals surface area contributed by atoms with Gasteiger partial charge in [0.25, 0.3) is 5.91 Å². The van der Waals surface area contributed by atoms with Crippen LogP contribution < -0.4 is 0 Å². The van der Waals surface area contributed by atoms with Crippen LogP contribution in [-0.4, -0.2) is 39.8 Å². The number of hydrogen-bond donors (Lipinski definition) is 1. The third-order valence-corrected chi connectivity index (χ3v) is 3.73. The first-order valence-electron chi connectivity index (χ1n) is 5.54. The summed E-state index contributed by atoms with van der Waals surface area (Å²) < 4.78 is 0. The monoisotopic (exact) mass is 253 g/mol. The van der Waals surface area contributed by atoms with Crippen molar-refractivity contribution >= 4 is 23.0 Å². The predicted octanol–water partition coefficient (Wildman–Crippen LogP) is 1.76. The van der Waals surface area contributed by atoms with Gasteiger partial charge in [0, 0.05) is 30.8 Å². The quantitative estimate of drug-likeness (QED) is 0.612. The molecular formula is C11H15N3O2S. The third kappa shape index (κ3) is 2.46. The highest BCUT2D eigenvalue weighted by molar-refractivity contribution is 7.09. The zero-order valence-corrected chi connectivity index (χ0v) is 10.7. The van der Waals surface area contributed by atoms with E-state index in [1.165, 1.54) is 11.3 Å². The topological polar surface area (TPSA) is 65.8 Å². The van der Waals surface area contributed by atoms with Crippen molar-refractivity contribution in [3.63, 3.8) is 0 Å². The molecule has 17 heavy (non-hydrogen) atoms. The number of rotatable bonds is 1. The fourth-order valence-electron chi connectivity index (χ4n) is 1.98. The van der Waals surface area contributed by atoms with E-state index in [1.54, 1.807) is 10.3 Å². The maximum Gasteiger partial charge on any atom is 0.273 e. The van der Waals surface area contributed by atoms with Crippen LogP contribution in [-0.2, 0) is 0 Å². The maximum atomic E-state index is 12.1. The molecule has 1 fully saturated rings. The summed E-state index contributed by atoms with van der Waals surface area (Å²) in [4.78, 5) is 18.1. The summed E-state index contributed by atoms with van der Waals surface area (Å²) in [6.45, 7) is 5.03. The second-order valence-electron chi connectivity index (χ2n) is 4.25. The first kappa shape index (κ1) is 12.0. The number of thiazole rings is 1. The Morgan fingerprint density at radius 2 is 2.47 bits per heavy atom. The number of oxime groups is 1. The van der Waals surface area contributed by atoms with E-state index in [4.69, 9.17) is 5.21 Å². The van der Waals surface area contributed by atoms with Gasteiger partial charge in [-0.1, -0.05) is 12.1 Å². The van der Waals surface area contributed by atoms with Crippen LogP contribution in [0.4, 0.5) is 0 Å². The van der Waals surface area contributed by atoms with Crippen molar-refractivity contribution in [1.82, 2.24) is 9.88 Å². The molecule has 5 nitrogen and oxygen atoms in total. The van der Waals surface area contributed by atoms with E-state index in [9.17, 15) is 4.79 Å².